The van der Waals surface area contributed by atoms with Crippen molar-refractivity contribution in [2.24, 2.45) is 0 Å². The van der Waals surface area contributed by atoms with Gasteiger partial charge in [0.1, 0.15) is 11.5 Å². The van der Waals surface area contributed by atoms with Gasteiger partial charge in [0.15, 0.2) is 0 Å². The van der Waals surface area contributed by atoms with E-state index in [1.54, 1.807) is 18.4 Å². The molecule has 0 radical (unpaired) electrons. The standard InChI is InChI=1S/C25H24N2O3/c1-17-11-12-21(18(2)14-17)22-23(26(3)15-19-8-5-4-6-9-19)25(29)27(24(22)28)16-20-10-7-13-30-20/h4-14H,15-16H2,1-3H3. The van der Waals surface area contributed by atoms with Gasteiger partial charge in [-0.1, -0.05) is 54.1 Å². The van der Waals surface area contributed by atoms with E-state index in [1.807, 2.05) is 74.3 Å². The van der Waals surface area contributed by atoms with Gasteiger partial charge in [0, 0.05) is 13.6 Å². The molecule has 0 spiro atoms. The molecule has 2 aromatic carbocycles. The first-order chi connectivity index (χ1) is 14.5. The summed E-state index contributed by atoms with van der Waals surface area (Å²) < 4.78 is 5.39. The summed E-state index contributed by atoms with van der Waals surface area (Å²) in [7, 11) is 1.85. The van der Waals surface area contributed by atoms with Crippen molar-refractivity contribution in [1.29, 1.82) is 0 Å². The molecule has 152 valence electrons. The number of hydrogen-bond donors (Lipinski definition) is 0. The summed E-state index contributed by atoms with van der Waals surface area (Å²) in [6.45, 7) is 4.62. The van der Waals surface area contributed by atoms with E-state index in [9.17, 15) is 9.59 Å². The summed E-state index contributed by atoms with van der Waals surface area (Å²) in [6.07, 6.45) is 1.54. The molecule has 1 aromatic heterocycles. The highest BCUT2D eigenvalue weighted by atomic mass is 16.3. The Morgan fingerprint density at radius 3 is 2.37 bits per heavy atom. The Balaban J connectivity index is 1.77. The Bertz CT molecular complexity index is 1110. The number of nitrogens with zero attached hydrogens (tertiary/aromatic N) is 2. The fourth-order valence-corrected chi connectivity index (χ4v) is 3.89. The summed E-state index contributed by atoms with van der Waals surface area (Å²) in [5.41, 5.74) is 4.80. The van der Waals surface area contributed by atoms with E-state index in [2.05, 4.69) is 0 Å². The maximum Gasteiger partial charge on any atom is 0.278 e. The minimum Gasteiger partial charge on any atom is -0.467 e. The van der Waals surface area contributed by atoms with Crippen molar-refractivity contribution in [2.75, 3.05) is 7.05 Å². The molecule has 30 heavy (non-hydrogen) atoms. The van der Waals surface area contributed by atoms with Crippen LogP contribution in [-0.4, -0.2) is 28.7 Å². The number of benzene rings is 2. The molecule has 0 bridgehead atoms. The molecule has 1 aliphatic rings. The summed E-state index contributed by atoms with van der Waals surface area (Å²) in [6, 6.07) is 19.4. The molecule has 0 saturated carbocycles. The number of likely N-dealkylation sites (N-methyl/N-ethyl adjacent to an activating group) is 1. The Labute approximate surface area is 176 Å². The number of carbonyl (C=O) groups excluding carboxylic acids is 2. The molecule has 5 heteroatoms. The van der Waals surface area contributed by atoms with Crippen molar-refractivity contribution in [1.82, 2.24) is 9.80 Å². The van der Waals surface area contributed by atoms with Crippen molar-refractivity contribution in [3.63, 3.8) is 0 Å². The summed E-state index contributed by atoms with van der Waals surface area (Å²) in [5, 5.41) is 0. The average molecular weight is 400 g/mol. The second-order valence-corrected chi connectivity index (χ2v) is 7.66. The summed E-state index contributed by atoms with van der Waals surface area (Å²) in [5.74, 6) is -0.0216. The third-order valence-corrected chi connectivity index (χ3v) is 5.33. The van der Waals surface area contributed by atoms with Gasteiger partial charge in [0.2, 0.25) is 0 Å². The number of rotatable bonds is 6. The topological polar surface area (TPSA) is 53.8 Å². The van der Waals surface area contributed by atoms with Gasteiger partial charge in [0.25, 0.3) is 11.8 Å². The zero-order valence-corrected chi connectivity index (χ0v) is 17.4. The highest BCUT2D eigenvalue weighted by Crippen LogP contribution is 2.34. The molecule has 2 heterocycles. The van der Waals surface area contributed by atoms with Crippen LogP contribution in [0.25, 0.3) is 5.57 Å². The monoisotopic (exact) mass is 400 g/mol. The minimum absolute atomic E-state index is 0.113. The Kier molecular flexibility index (Phi) is 5.27. The van der Waals surface area contributed by atoms with Crippen molar-refractivity contribution < 1.29 is 14.0 Å². The molecular formula is C25H24N2O3. The maximum absolute atomic E-state index is 13.4. The van der Waals surface area contributed by atoms with Gasteiger partial charge in [-0.3, -0.25) is 14.5 Å². The van der Waals surface area contributed by atoms with Crippen LogP contribution in [0.2, 0.25) is 0 Å². The predicted molar refractivity (Wildman–Crippen MR) is 115 cm³/mol. The van der Waals surface area contributed by atoms with E-state index < -0.39 is 0 Å². The zero-order valence-electron chi connectivity index (χ0n) is 17.4. The van der Waals surface area contributed by atoms with E-state index in [1.165, 1.54) is 4.90 Å². The second-order valence-electron chi connectivity index (χ2n) is 7.66. The van der Waals surface area contributed by atoms with Gasteiger partial charge in [-0.2, -0.15) is 0 Å². The molecule has 0 fully saturated rings. The van der Waals surface area contributed by atoms with E-state index in [0.29, 0.717) is 23.6 Å². The van der Waals surface area contributed by atoms with E-state index in [4.69, 9.17) is 4.42 Å². The van der Waals surface area contributed by atoms with Gasteiger partial charge in [0.05, 0.1) is 18.4 Å². The van der Waals surface area contributed by atoms with Crippen LogP contribution in [-0.2, 0) is 22.7 Å². The van der Waals surface area contributed by atoms with Crippen LogP contribution in [0.1, 0.15) is 28.0 Å². The van der Waals surface area contributed by atoms with Gasteiger partial charge in [-0.25, -0.2) is 0 Å². The number of amides is 2. The van der Waals surface area contributed by atoms with Crippen molar-refractivity contribution in [3.05, 3.63) is 101 Å². The van der Waals surface area contributed by atoms with Crippen molar-refractivity contribution in [3.8, 4) is 0 Å². The highest BCUT2D eigenvalue weighted by molar-refractivity contribution is 6.35. The molecule has 0 atom stereocenters. The Hall–Kier alpha value is -3.60. The van der Waals surface area contributed by atoms with Crippen LogP contribution in [0.3, 0.4) is 0 Å². The molecule has 0 aliphatic carbocycles. The Morgan fingerprint density at radius 1 is 0.933 bits per heavy atom. The predicted octanol–water partition coefficient (Wildman–Crippen LogP) is 4.31. The lowest BCUT2D eigenvalue weighted by Gasteiger charge is -2.21. The van der Waals surface area contributed by atoms with Gasteiger partial charge in [-0.15, -0.1) is 0 Å². The highest BCUT2D eigenvalue weighted by Gasteiger charge is 2.41. The van der Waals surface area contributed by atoms with Gasteiger partial charge in [-0.05, 0) is 42.7 Å². The lowest BCUT2D eigenvalue weighted by atomic mass is 9.97. The van der Waals surface area contributed by atoms with E-state index in [-0.39, 0.29) is 18.4 Å². The first kappa shape index (κ1) is 19.7. The van der Waals surface area contributed by atoms with Crippen LogP contribution in [0.4, 0.5) is 0 Å². The quantitative estimate of drug-likeness (QED) is 0.579. The third-order valence-electron chi connectivity index (χ3n) is 5.33. The lowest BCUT2D eigenvalue weighted by molar-refractivity contribution is -0.138. The molecule has 1 aliphatic heterocycles. The second kappa shape index (κ2) is 8.03. The van der Waals surface area contributed by atoms with Crippen LogP contribution in [0.5, 0.6) is 0 Å². The van der Waals surface area contributed by atoms with Gasteiger partial charge >= 0.3 is 0 Å². The number of furan rings is 1. The summed E-state index contributed by atoms with van der Waals surface area (Å²) >= 11 is 0. The SMILES string of the molecule is Cc1ccc(C2=C(N(C)Cc3ccccc3)C(=O)N(Cc3ccco3)C2=O)c(C)c1. The molecular weight excluding hydrogens is 376 g/mol. The van der Waals surface area contributed by atoms with Crippen LogP contribution >= 0.6 is 0 Å². The van der Waals surface area contributed by atoms with E-state index in [0.717, 1.165) is 22.3 Å². The van der Waals surface area contributed by atoms with Crippen molar-refractivity contribution >= 4 is 17.4 Å². The molecule has 5 nitrogen and oxygen atoms in total. The van der Waals surface area contributed by atoms with Crippen molar-refractivity contribution in [2.45, 2.75) is 26.9 Å². The number of aryl methyl sites for hydroxylation is 2. The largest absolute Gasteiger partial charge is 0.467 e. The molecule has 0 saturated heterocycles. The summed E-state index contributed by atoms with van der Waals surface area (Å²) in [4.78, 5) is 30.0. The average Bonchev–Trinajstić information content (AvgIpc) is 3.31. The fraction of sp³-hybridized carbons (Fsp3) is 0.200. The Morgan fingerprint density at radius 2 is 1.70 bits per heavy atom. The van der Waals surface area contributed by atoms with Crippen LogP contribution in [0.15, 0.2) is 77.0 Å². The smallest absolute Gasteiger partial charge is 0.278 e. The molecule has 0 unspecified atom stereocenters. The molecule has 0 N–H and O–H groups in total. The minimum atomic E-state index is -0.301. The number of carbonyl (C=O) groups is 2. The third kappa shape index (κ3) is 3.66. The maximum atomic E-state index is 13.4. The zero-order chi connectivity index (χ0) is 21.3. The number of imide groups is 1. The lowest BCUT2D eigenvalue weighted by Crippen LogP contribution is -2.33. The molecule has 3 aromatic rings. The normalized spacial score (nSPS) is 14.0. The molecule has 2 amide bonds. The van der Waals surface area contributed by atoms with E-state index >= 15 is 0 Å². The first-order valence-electron chi connectivity index (χ1n) is 9.91. The number of hydrogen-bond acceptors (Lipinski definition) is 4. The van der Waals surface area contributed by atoms with Gasteiger partial charge < -0.3 is 9.32 Å². The fourth-order valence-electron chi connectivity index (χ4n) is 3.89. The molecule has 4 rings (SSSR count). The van der Waals surface area contributed by atoms with Crippen LogP contribution in [0, 0.1) is 13.8 Å². The first-order valence-corrected chi connectivity index (χ1v) is 9.91. The van der Waals surface area contributed by atoms with Crippen LogP contribution < -0.4 is 0 Å².